The van der Waals surface area contributed by atoms with Gasteiger partial charge >= 0.3 is 11.9 Å². The Labute approximate surface area is 117 Å². The second-order valence-corrected chi connectivity index (χ2v) is 5.45. The molecule has 112 valence electrons. The second kappa shape index (κ2) is 5.94. The molecule has 1 amide bonds. The van der Waals surface area contributed by atoms with E-state index in [1.165, 1.54) is 13.8 Å². The maximum atomic E-state index is 12.0. The van der Waals surface area contributed by atoms with Crippen LogP contribution in [0.4, 0.5) is 0 Å². The molecule has 1 fully saturated rings. The Kier molecular flexibility index (Phi) is 4.75. The van der Waals surface area contributed by atoms with Crippen LogP contribution in [0.25, 0.3) is 0 Å². The van der Waals surface area contributed by atoms with Gasteiger partial charge in [0.05, 0.1) is 6.54 Å². The standard InChI is InChI=1S/C13H20N2O5/c1-7(2)5-8(15-6-9(14)16)10-11(17)19-13(3,4)20-12(10)18/h7,15H,5-6H2,1-4H3,(H2,14,16). The molecular weight excluding hydrogens is 264 g/mol. The third-order valence-corrected chi connectivity index (χ3v) is 2.48. The van der Waals surface area contributed by atoms with Crippen LogP contribution in [-0.2, 0) is 23.9 Å². The second-order valence-electron chi connectivity index (χ2n) is 5.45. The highest BCUT2D eigenvalue weighted by molar-refractivity contribution is 6.16. The first-order valence-corrected chi connectivity index (χ1v) is 6.34. The van der Waals surface area contributed by atoms with Crippen molar-refractivity contribution in [1.29, 1.82) is 0 Å². The largest absolute Gasteiger partial charge is 0.419 e. The van der Waals surface area contributed by atoms with Gasteiger partial charge in [-0.1, -0.05) is 13.8 Å². The summed E-state index contributed by atoms with van der Waals surface area (Å²) in [5.74, 6) is -3.25. The molecule has 1 heterocycles. The molecule has 7 nitrogen and oxygen atoms in total. The summed E-state index contributed by atoms with van der Waals surface area (Å²) in [6.45, 7) is 6.60. The number of cyclic esters (lactones) is 2. The lowest BCUT2D eigenvalue weighted by molar-refractivity contribution is -0.222. The number of allylic oxidation sites excluding steroid dienone is 1. The maximum absolute atomic E-state index is 12.0. The summed E-state index contributed by atoms with van der Waals surface area (Å²) in [4.78, 5) is 34.7. The Bertz CT molecular complexity index is 443. The molecular formula is C13H20N2O5. The number of carbonyl (C=O) groups excluding carboxylic acids is 3. The smallest absolute Gasteiger partial charge is 0.350 e. The Morgan fingerprint density at radius 1 is 1.25 bits per heavy atom. The highest BCUT2D eigenvalue weighted by Crippen LogP contribution is 2.25. The lowest BCUT2D eigenvalue weighted by Gasteiger charge is -2.31. The lowest BCUT2D eigenvalue weighted by Crippen LogP contribution is -2.43. The van der Waals surface area contributed by atoms with Crippen LogP contribution in [-0.4, -0.2) is 30.2 Å². The maximum Gasteiger partial charge on any atom is 0.350 e. The van der Waals surface area contributed by atoms with Gasteiger partial charge in [0, 0.05) is 19.5 Å². The van der Waals surface area contributed by atoms with Crippen molar-refractivity contribution in [3.8, 4) is 0 Å². The molecule has 7 heteroatoms. The van der Waals surface area contributed by atoms with Gasteiger partial charge in [-0.2, -0.15) is 0 Å². The molecule has 0 aromatic rings. The molecule has 1 saturated heterocycles. The van der Waals surface area contributed by atoms with Gasteiger partial charge in [-0.05, 0) is 12.3 Å². The first-order valence-electron chi connectivity index (χ1n) is 6.34. The monoisotopic (exact) mass is 284 g/mol. The third-order valence-electron chi connectivity index (χ3n) is 2.48. The molecule has 20 heavy (non-hydrogen) atoms. The normalized spacial score (nSPS) is 17.6. The number of hydrogen-bond donors (Lipinski definition) is 2. The molecule has 0 bridgehead atoms. The molecule has 0 unspecified atom stereocenters. The highest BCUT2D eigenvalue weighted by Gasteiger charge is 2.40. The summed E-state index contributed by atoms with van der Waals surface area (Å²) < 4.78 is 10.1. The van der Waals surface area contributed by atoms with Gasteiger partial charge in [0.1, 0.15) is 0 Å². The summed E-state index contributed by atoms with van der Waals surface area (Å²) in [6, 6.07) is 0. The quantitative estimate of drug-likeness (QED) is 0.424. The number of carbonyl (C=O) groups is 3. The van der Waals surface area contributed by atoms with Gasteiger partial charge < -0.3 is 20.5 Å². The fraction of sp³-hybridized carbons (Fsp3) is 0.615. The van der Waals surface area contributed by atoms with Gasteiger partial charge in [-0.3, -0.25) is 4.79 Å². The lowest BCUT2D eigenvalue weighted by atomic mass is 10.0. The Morgan fingerprint density at radius 2 is 1.75 bits per heavy atom. The van der Waals surface area contributed by atoms with E-state index in [4.69, 9.17) is 15.2 Å². The van der Waals surface area contributed by atoms with Crippen molar-refractivity contribution in [1.82, 2.24) is 5.32 Å². The fourth-order valence-corrected chi connectivity index (χ4v) is 1.76. The SMILES string of the molecule is CC(C)CC(NCC(N)=O)=C1C(=O)OC(C)(C)OC1=O. The number of ether oxygens (including phenoxy) is 2. The molecule has 1 aliphatic rings. The predicted octanol–water partition coefficient (Wildman–Crippen LogP) is 0.198. The van der Waals surface area contributed by atoms with E-state index in [1.807, 2.05) is 13.8 Å². The van der Waals surface area contributed by atoms with E-state index in [2.05, 4.69) is 5.32 Å². The molecule has 0 aromatic carbocycles. The molecule has 0 spiro atoms. The third kappa shape index (κ3) is 4.25. The van der Waals surface area contributed by atoms with Crippen molar-refractivity contribution in [2.45, 2.75) is 39.9 Å². The van der Waals surface area contributed by atoms with Crippen LogP contribution >= 0.6 is 0 Å². The fourth-order valence-electron chi connectivity index (χ4n) is 1.76. The van der Waals surface area contributed by atoms with E-state index in [-0.39, 0.29) is 18.0 Å². The number of amides is 1. The van der Waals surface area contributed by atoms with Crippen LogP contribution in [0, 0.1) is 5.92 Å². The first kappa shape index (κ1) is 16.0. The molecule has 1 rings (SSSR count). The van der Waals surface area contributed by atoms with Crippen LogP contribution in [0.5, 0.6) is 0 Å². The summed E-state index contributed by atoms with van der Waals surface area (Å²) in [7, 11) is 0. The predicted molar refractivity (Wildman–Crippen MR) is 69.9 cm³/mol. The topological polar surface area (TPSA) is 108 Å². The average molecular weight is 284 g/mol. The van der Waals surface area contributed by atoms with Crippen molar-refractivity contribution in [2.75, 3.05) is 6.54 Å². The zero-order valence-corrected chi connectivity index (χ0v) is 12.1. The minimum atomic E-state index is -1.29. The van der Waals surface area contributed by atoms with Gasteiger partial charge in [0.25, 0.3) is 5.79 Å². The van der Waals surface area contributed by atoms with E-state index in [9.17, 15) is 14.4 Å². The summed E-state index contributed by atoms with van der Waals surface area (Å²) in [5.41, 5.74) is 5.16. The molecule has 1 aliphatic heterocycles. The van der Waals surface area contributed by atoms with Crippen LogP contribution in [0.2, 0.25) is 0 Å². The van der Waals surface area contributed by atoms with Crippen molar-refractivity contribution in [3.63, 3.8) is 0 Å². The van der Waals surface area contributed by atoms with E-state index in [1.54, 1.807) is 0 Å². The average Bonchev–Trinajstić information content (AvgIpc) is 2.21. The Balaban J connectivity index is 3.08. The van der Waals surface area contributed by atoms with Crippen molar-refractivity contribution in [3.05, 3.63) is 11.3 Å². The number of hydrogen-bond acceptors (Lipinski definition) is 6. The zero-order valence-electron chi connectivity index (χ0n) is 12.1. The molecule has 0 radical (unpaired) electrons. The van der Waals surface area contributed by atoms with Crippen LogP contribution in [0.1, 0.15) is 34.1 Å². The zero-order chi connectivity index (χ0) is 15.5. The molecule has 0 aromatic heterocycles. The van der Waals surface area contributed by atoms with Crippen molar-refractivity contribution < 1.29 is 23.9 Å². The number of nitrogens with two attached hydrogens (primary N) is 1. The van der Waals surface area contributed by atoms with Gasteiger partial charge in [0.2, 0.25) is 5.91 Å². The molecule has 0 aliphatic carbocycles. The molecule has 0 saturated carbocycles. The first-order chi connectivity index (χ1) is 9.12. The summed E-state index contributed by atoms with van der Waals surface area (Å²) in [6.07, 6.45) is 0.396. The summed E-state index contributed by atoms with van der Waals surface area (Å²) in [5, 5.41) is 2.71. The minimum absolute atomic E-state index is 0.161. The number of rotatable bonds is 5. The van der Waals surface area contributed by atoms with E-state index >= 15 is 0 Å². The van der Waals surface area contributed by atoms with E-state index < -0.39 is 23.6 Å². The number of esters is 2. The summed E-state index contributed by atoms with van der Waals surface area (Å²) >= 11 is 0. The highest BCUT2D eigenvalue weighted by atomic mass is 16.7. The van der Waals surface area contributed by atoms with Crippen LogP contribution < -0.4 is 11.1 Å². The number of primary amides is 1. The minimum Gasteiger partial charge on any atom is -0.419 e. The molecule has 3 N–H and O–H groups in total. The van der Waals surface area contributed by atoms with E-state index in [0.29, 0.717) is 12.1 Å². The Morgan fingerprint density at radius 3 is 2.15 bits per heavy atom. The van der Waals surface area contributed by atoms with Gasteiger partial charge in [0.15, 0.2) is 5.57 Å². The Hall–Kier alpha value is -2.05. The van der Waals surface area contributed by atoms with Crippen LogP contribution in [0.15, 0.2) is 11.3 Å². The van der Waals surface area contributed by atoms with Gasteiger partial charge in [-0.25, -0.2) is 9.59 Å². The number of nitrogens with one attached hydrogen (secondary N) is 1. The van der Waals surface area contributed by atoms with Gasteiger partial charge in [-0.15, -0.1) is 0 Å². The van der Waals surface area contributed by atoms with Crippen molar-refractivity contribution >= 4 is 17.8 Å². The van der Waals surface area contributed by atoms with Crippen molar-refractivity contribution in [2.24, 2.45) is 11.7 Å². The van der Waals surface area contributed by atoms with E-state index in [0.717, 1.165) is 0 Å². The molecule has 0 atom stereocenters. The van der Waals surface area contributed by atoms with Crippen LogP contribution in [0.3, 0.4) is 0 Å².